The molecule has 1 atom stereocenters. The summed E-state index contributed by atoms with van der Waals surface area (Å²) in [7, 11) is -2.71. The average molecular weight is 282 g/mol. The molecule has 1 aromatic carbocycles. The summed E-state index contributed by atoms with van der Waals surface area (Å²) in [6.45, 7) is 1.25. The first-order chi connectivity index (χ1) is 8.90. The lowest BCUT2D eigenvalue weighted by molar-refractivity contribution is -0.139. The zero-order valence-electron chi connectivity index (χ0n) is 10.6. The van der Waals surface area contributed by atoms with Gasteiger partial charge in [0, 0.05) is 5.69 Å². The van der Waals surface area contributed by atoms with E-state index >= 15 is 0 Å². The smallest absolute Gasteiger partial charge is 0.325 e. The standard InChI is InChI=1S/C12H14N2O4S/c1-9(12(15)18-2)19(16,17)14-11-5-3-10(4-6-11)7-8-13/h3-6,9,14H,7H2,1-2H3. The molecule has 0 spiro atoms. The Labute approximate surface area is 112 Å². The molecule has 0 fully saturated rings. The third-order valence-corrected chi connectivity index (χ3v) is 4.14. The first kappa shape index (κ1) is 15.0. The fraction of sp³-hybridized carbons (Fsp3) is 0.333. The van der Waals surface area contributed by atoms with Crippen LogP contribution in [0, 0.1) is 11.3 Å². The van der Waals surface area contributed by atoms with Crippen molar-refractivity contribution >= 4 is 21.7 Å². The minimum Gasteiger partial charge on any atom is -0.468 e. The molecule has 0 bridgehead atoms. The summed E-state index contributed by atoms with van der Waals surface area (Å²) in [6.07, 6.45) is 0.256. The topological polar surface area (TPSA) is 96.3 Å². The normalized spacial score (nSPS) is 12.3. The molecule has 0 aliphatic heterocycles. The number of esters is 1. The van der Waals surface area contributed by atoms with Crippen molar-refractivity contribution < 1.29 is 17.9 Å². The molecule has 7 heteroatoms. The molecule has 6 nitrogen and oxygen atoms in total. The van der Waals surface area contributed by atoms with Gasteiger partial charge < -0.3 is 4.74 Å². The van der Waals surface area contributed by atoms with Crippen LogP contribution in [0.15, 0.2) is 24.3 Å². The lowest BCUT2D eigenvalue weighted by Gasteiger charge is -2.13. The Kier molecular flexibility index (Phi) is 4.89. The van der Waals surface area contributed by atoms with Crippen molar-refractivity contribution in [3.63, 3.8) is 0 Å². The number of carbonyl (C=O) groups is 1. The van der Waals surface area contributed by atoms with Crippen molar-refractivity contribution in [2.75, 3.05) is 11.8 Å². The van der Waals surface area contributed by atoms with Gasteiger partial charge >= 0.3 is 5.97 Å². The lowest BCUT2D eigenvalue weighted by atomic mass is 10.1. The number of anilines is 1. The van der Waals surface area contributed by atoms with Crippen molar-refractivity contribution in [1.29, 1.82) is 5.26 Å². The van der Waals surface area contributed by atoms with Gasteiger partial charge in [-0.3, -0.25) is 9.52 Å². The summed E-state index contributed by atoms with van der Waals surface area (Å²) < 4.78 is 30.4. The van der Waals surface area contributed by atoms with Gasteiger partial charge in [0.05, 0.1) is 19.6 Å². The molecule has 0 saturated heterocycles. The third kappa shape index (κ3) is 3.96. The molecule has 19 heavy (non-hydrogen) atoms. The molecule has 0 amide bonds. The van der Waals surface area contributed by atoms with E-state index < -0.39 is 21.2 Å². The minimum atomic E-state index is -3.84. The highest BCUT2D eigenvalue weighted by molar-refractivity contribution is 7.94. The van der Waals surface area contributed by atoms with Gasteiger partial charge in [-0.1, -0.05) is 12.1 Å². The summed E-state index contributed by atoms with van der Waals surface area (Å²) in [4.78, 5) is 11.2. The van der Waals surface area contributed by atoms with Crippen LogP contribution in [0.5, 0.6) is 0 Å². The van der Waals surface area contributed by atoms with Crippen LogP contribution in [-0.4, -0.2) is 26.7 Å². The molecule has 1 rings (SSSR count). The van der Waals surface area contributed by atoms with E-state index in [4.69, 9.17) is 5.26 Å². The number of nitrogens with one attached hydrogen (secondary N) is 1. The van der Waals surface area contributed by atoms with E-state index in [1.807, 2.05) is 6.07 Å². The Morgan fingerprint density at radius 1 is 1.42 bits per heavy atom. The molecule has 1 aromatic rings. The fourth-order valence-corrected chi connectivity index (χ4v) is 2.32. The molecule has 0 aliphatic carbocycles. The van der Waals surface area contributed by atoms with Gasteiger partial charge in [-0.25, -0.2) is 8.42 Å². The van der Waals surface area contributed by atoms with Crippen LogP contribution in [0.4, 0.5) is 5.69 Å². The molecular formula is C12H14N2O4S. The van der Waals surface area contributed by atoms with Crippen LogP contribution in [0.2, 0.25) is 0 Å². The minimum absolute atomic E-state index is 0.256. The number of rotatable bonds is 5. The largest absolute Gasteiger partial charge is 0.468 e. The second-order valence-corrected chi connectivity index (χ2v) is 5.85. The van der Waals surface area contributed by atoms with Gasteiger partial charge in [-0.15, -0.1) is 0 Å². The first-order valence-corrected chi connectivity index (χ1v) is 7.00. The Bertz CT molecular complexity index is 587. The number of sulfonamides is 1. The Hall–Kier alpha value is -2.07. The van der Waals surface area contributed by atoms with Crippen LogP contribution in [0.25, 0.3) is 0 Å². The number of hydrogen-bond acceptors (Lipinski definition) is 5. The molecule has 1 N–H and O–H groups in total. The van der Waals surface area contributed by atoms with E-state index in [2.05, 4.69) is 9.46 Å². The van der Waals surface area contributed by atoms with Gasteiger partial charge in [0.25, 0.3) is 0 Å². The first-order valence-electron chi connectivity index (χ1n) is 5.46. The van der Waals surface area contributed by atoms with E-state index in [9.17, 15) is 13.2 Å². The van der Waals surface area contributed by atoms with Gasteiger partial charge in [0.1, 0.15) is 0 Å². The second kappa shape index (κ2) is 6.20. The predicted octanol–water partition coefficient (Wildman–Crippen LogP) is 1.06. The number of benzene rings is 1. The number of carbonyl (C=O) groups excluding carboxylic acids is 1. The Morgan fingerprint density at radius 3 is 2.47 bits per heavy atom. The van der Waals surface area contributed by atoms with Crippen molar-refractivity contribution in [2.45, 2.75) is 18.6 Å². The molecular weight excluding hydrogens is 268 g/mol. The van der Waals surface area contributed by atoms with Crippen molar-refractivity contribution in [3.8, 4) is 6.07 Å². The Morgan fingerprint density at radius 2 is 2.00 bits per heavy atom. The van der Waals surface area contributed by atoms with E-state index in [0.29, 0.717) is 5.69 Å². The highest BCUT2D eigenvalue weighted by Gasteiger charge is 2.28. The predicted molar refractivity (Wildman–Crippen MR) is 69.8 cm³/mol. The summed E-state index contributed by atoms with van der Waals surface area (Å²) in [5.74, 6) is -0.825. The number of nitrogens with zero attached hydrogens (tertiary/aromatic N) is 1. The van der Waals surface area contributed by atoms with E-state index in [0.717, 1.165) is 12.7 Å². The van der Waals surface area contributed by atoms with E-state index in [-0.39, 0.29) is 6.42 Å². The molecule has 102 valence electrons. The quantitative estimate of drug-likeness (QED) is 0.814. The van der Waals surface area contributed by atoms with Crippen LogP contribution in [-0.2, 0) is 26.0 Å². The maximum Gasteiger partial charge on any atom is 0.325 e. The van der Waals surface area contributed by atoms with E-state index in [1.165, 1.54) is 19.1 Å². The van der Waals surface area contributed by atoms with Crippen LogP contribution in [0.1, 0.15) is 12.5 Å². The van der Waals surface area contributed by atoms with Gasteiger partial charge in [-0.2, -0.15) is 5.26 Å². The lowest BCUT2D eigenvalue weighted by Crippen LogP contribution is -2.33. The maximum absolute atomic E-state index is 11.8. The van der Waals surface area contributed by atoms with Gasteiger partial charge in [0.15, 0.2) is 5.25 Å². The molecule has 0 aromatic heterocycles. The zero-order valence-corrected chi connectivity index (χ0v) is 11.4. The molecule has 1 unspecified atom stereocenters. The number of methoxy groups -OCH3 is 1. The summed E-state index contributed by atoms with van der Waals surface area (Å²) in [6, 6.07) is 8.35. The molecule has 0 saturated carbocycles. The second-order valence-electron chi connectivity index (χ2n) is 3.84. The summed E-state index contributed by atoms with van der Waals surface area (Å²) in [5.41, 5.74) is 1.11. The number of hydrogen-bond donors (Lipinski definition) is 1. The summed E-state index contributed by atoms with van der Waals surface area (Å²) in [5, 5.41) is 7.23. The van der Waals surface area contributed by atoms with Gasteiger partial charge in [-0.05, 0) is 24.6 Å². The van der Waals surface area contributed by atoms with Crippen LogP contribution in [0.3, 0.4) is 0 Å². The highest BCUT2D eigenvalue weighted by Crippen LogP contribution is 2.14. The number of nitriles is 1. The Balaban J connectivity index is 2.84. The zero-order chi connectivity index (χ0) is 14.5. The molecule has 0 aliphatic rings. The molecule has 0 radical (unpaired) electrons. The fourth-order valence-electron chi connectivity index (χ4n) is 1.33. The number of ether oxygens (including phenoxy) is 1. The van der Waals surface area contributed by atoms with Crippen molar-refractivity contribution in [3.05, 3.63) is 29.8 Å². The third-order valence-electron chi connectivity index (χ3n) is 2.50. The van der Waals surface area contributed by atoms with Crippen molar-refractivity contribution in [1.82, 2.24) is 0 Å². The van der Waals surface area contributed by atoms with E-state index in [1.54, 1.807) is 12.1 Å². The van der Waals surface area contributed by atoms with Gasteiger partial charge in [0.2, 0.25) is 10.0 Å². The van der Waals surface area contributed by atoms with Crippen LogP contribution < -0.4 is 4.72 Å². The molecule has 0 heterocycles. The van der Waals surface area contributed by atoms with Crippen molar-refractivity contribution in [2.24, 2.45) is 0 Å². The maximum atomic E-state index is 11.8. The average Bonchev–Trinajstić information content (AvgIpc) is 2.39. The summed E-state index contributed by atoms with van der Waals surface area (Å²) >= 11 is 0. The monoisotopic (exact) mass is 282 g/mol. The highest BCUT2D eigenvalue weighted by atomic mass is 32.2. The SMILES string of the molecule is COC(=O)C(C)S(=O)(=O)Nc1ccc(CC#N)cc1. The van der Waals surface area contributed by atoms with Crippen LogP contribution >= 0.6 is 0 Å².